The lowest BCUT2D eigenvalue weighted by molar-refractivity contribution is 0.0936. The standard InChI is InChI=1S/C14H18N2O2/c1-4-6-12(5-2)16-14(17)10-7-11(15)9-13(8-10)18-3/h1,7-9,12H,5-6,15H2,2-3H3,(H,16,17). The molecule has 0 spiro atoms. The van der Waals surface area contributed by atoms with Gasteiger partial charge in [-0.1, -0.05) is 6.92 Å². The first-order valence-corrected chi connectivity index (χ1v) is 5.79. The normalized spacial score (nSPS) is 11.4. The van der Waals surface area contributed by atoms with E-state index >= 15 is 0 Å². The third-order valence-electron chi connectivity index (χ3n) is 2.62. The van der Waals surface area contributed by atoms with E-state index in [0.717, 1.165) is 6.42 Å². The molecule has 4 heteroatoms. The van der Waals surface area contributed by atoms with E-state index in [1.54, 1.807) is 18.2 Å². The number of nitrogens with one attached hydrogen (secondary N) is 1. The second-order valence-corrected chi connectivity index (χ2v) is 3.98. The van der Waals surface area contributed by atoms with Gasteiger partial charge in [0.25, 0.3) is 5.91 Å². The lowest BCUT2D eigenvalue weighted by Gasteiger charge is -2.14. The first-order valence-electron chi connectivity index (χ1n) is 5.79. The van der Waals surface area contributed by atoms with Crippen LogP contribution in [0.5, 0.6) is 5.75 Å². The number of amides is 1. The molecule has 1 unspecified atom stereocenters. The van der Waals surface area contributed by atoms with Crippen molar-refractivity contribution in [2.24, 2.45) is 0 Å². The number of hydrogen-bond acceptors (Lipinski definition) is 3. The maximum Gasteiger partial charge on any atom is 0.251 e. The van der Waals surface area contributed by atoms with Crippen LogP contribution in [-0.2, 0) is 0 Å². The van der Waals surface area contributed by atoms with E-state index in [9.17, 15) is 4.79 Å². The maximum absolute atomic E-state index is 12.0. The van der Waals surface area contributed by atoms with Crippen molar-refractivity contribution < 1.29 is 9.53 Å². The van der Waals surface area contributed by atoms with Crippen LogP contribution in [0.2, 0.25) is 0 Å². The molecule has 0 aliphatic carbocycles. The van der Waals surface area contributed by atoms with Gasteiger partial charge < -0.3 is 15.8 Å². The largest absolute Gasteiger partial charge is 0.497 e. The molecule has 0 aliphatic heterocycles. The number of benzene rings is 1. The smallest absolute Gasteiger partial charge is 0.251 e. The van der Waals surface area contributed by atoms with Gasteiger partial charge in [0.1, 0.15) is 5.75 Å². The number of methoxy groups -OCH3 is 1. The molecular weight excluding hydrogens is 228 g/mol. The van der Waals surface area contributed by atoms with Crippen LogP contribution < -0.4 is 15.8 Å². The molecule has 0 heterocycles. The molecule has 0 aromatic heterocycles. The van der Waals surface area contributed by atoms with Crippen molar-refractivity contribution in [3.8, 4) is 18.1 Å². The fourth-order valence-electron chi connectivity index (χ4n) is 1.58. The molecule has 0 fully saturated rings. The summed E-state index contributed by atoms with van der Waals surface area (Å²) in [5, 5.41) is 2.87. The number of nitrogen functional groups attached to an aromatic ring is 1. The zero-order valence-corrected chi connectivity index (χ0v) is 10.7. The van der Waals surface area contributed by atoms with Crippen LogP contribution in [0.3, 0.4) is 0 Å². The Morgan fingerprint density at radius 1 is 1.56 bits per heavy atom. The molecule has 0 saturated heterocycles. The van der Waals surface area contributed by atoms with Gasteiger partial charge in [-0.3, -0.25) is 4.79 Å². The summed E-state index contributed by atoms with van der Waals surface area (Å²) in [5.74, 6) is 2.91. The van der Waals surface area contributed by atoms with E-state index in [1.165, 1.54) is 7.11 Å². The van der Waals surface area contributed by atoms with Gasteiger partial charge in [-0.05, 0) is 18.6 Å². The van der Waals surface area contributed by atoms with Gasteiger partial charge in [-0.2, -0.15) is 0 Å². The molecule has 4 nitrogen and oxygen atoms in total. The number of anilines is 1. The van der Waals surface area contributed by atoms with Crippen LogP contribution in [0.1, 0.15) is 30.1 Å². The third-order valence-corrected chi connectivity index (χ3v) is 2.62. The molecule has 0 saturated carbocycles. The maximum atomic E-state index is 12.0. The fourth-order valence-corrected chi connectivity index (χ4v) is 1.58. The zero-order valence-electron chi connectivity index (χ0n) is 10.7. The monoisotopic (exact) mass is 246 g/mol. The highest BCUT2D eigenvalue weighted by atomic mass is 16.5. The van der Waals surface area contributed by atoms with Gasteiger partial charge in [0, 0.05) is 29.8 Å². The summed E-state index contributed by atoms with van der Waals surface area (Å²) in [4.78, 5) is 12.0. The van der Waals surface area contributed by atoms with Crippen molar-refractivity contribution in [3.63, 3.8) is 0 Å². The summed E-state index contributed by atoms with van der Waals surface area (Å²) < 4.78 is 5.07. The molecule has 96 valence electrons. The van der Waals surface area contributed by atoms with Crippen LogP contribution in [-0.4, -0.2) is 19.1 Å². The Bertz CT molecular complexity index is 463. The predicted molar refractivity (Wildman–Crippen MR) is 72.4 cm³/mol. The molecule has 1 atom stereocenters. The van der Waals surface area contributed by atoms with Crippen molar-refractivity contribution in [1.82, 2.24) is 5.32 Å². The first-order chi connectivity index (χ1) is 8.60. The van der Waals surface area contributed by atoms with Crippen LogP contribution in [0.25, 0.3) is 0 Å². The highest BCUT2D eigenvalue weighted by Crippen LogP contribution is 2.18. The number of terminal acetylenes is 1. The summed E-state index contributed by atoms with van der Waals surface area (Å²) in [6, 6.07) is 4.90. The van der Waals surface area contributed by atoms with Crippen molar-refractivity contribution in [3.05, 3.63) is 23.8 Å². The average molecular weight is 246 g/mol. The summed E-state index contributed by atoms with van der Waals surface area (Å²) in [6.07, 6.45) is 6.55. The van der Waals surface area contributed by atoms with E-state index in [2.05, 4.69) is 11.2 Å². The summed E-state index contributed by atoms with van der Waals surface area (Å²) in [7, 11) is 1.53. The number of ether oxygens (including phenoxy) is 1. The molecular formula is C14H18N2O2. The summed E-state index contributed by atoms with van der Waals surface area (Å²) in [6.45, 7) is 1.97. The van der Waals surface area contributed by atoms with Crippen LogP contribution in [0.4, 0.5) is 5.69 Å². The Kier molecular flexibility index (Phi) is 5.06. The Morgan fingerprint density at radius 3 is 2.83 bits per heavy atom. The van der Waals surface area contributed by atoms with E-state index in [4.69, 9.17) is 16.9 Å². The number of hydrogen-bond donors (Lipinski definition) is 2. The number of carbonyl (C=O) groups excluding carboxylic acids is 1. The molecule has 18 heavy (non-hydrogen) atoms. The van der Waals surface area contributed by atoms with E-state index in [0.29, 0.717) is 23.4 Å². The van der Waals surface area contributed by atoms with Crippen molar-refractivity contribution in [2.75, 3.05) is 12.8 Å². The minimum Gasteiger partial charge on any atom is -0.497 e. The average Bonchev–Trinajstić information content (AvgIpc) is 2.37. The molecule has 0 aliphatic rings. The molecule has 3 N–H and O–H groups in total. The minimum atomic E-state index is -0.192. The molecule has 1 aromatic carbocycles. The van der Waals surface area contributed by atoms with Gasteiger partial charge in [-0.25, -0.2) is 0 Å². The number of carbonyl (C=O) groups is 1. The van der Waals surface area contributed by atoms with Gasteiger partial charge in [0.15, 0.2) is 0 Å². The second kappa shape index (κ2) is 6.55. The van der Waals surface area contributed by atoms with E-state index in [1.807, 2.05) is 6.92 Å². The topological polar surface area (TPSA) is 64.4 Å². The van der Waals surface area contributed by atoms with Crippen molar-refractivity contribution in [1.29, 1.82) is 0 Å². The zero-order chi connectivity index (χ0) is 13.5. The van der Waals surface area contributed by atoms with Crippen LogP contribution in [0, 0.1) is 12.3 Å². The van der Waals surface area contributed by atoms with E-state index < -0.39 is 0 Å². The summed E-state index contributed by atoms with van der Waals surface area (Å²) >= 11 is 0. The van der Waals surface area contributed by atoms with Crippen LogP contribution >= 0.6 is 0 Å². The SMILES string of the molecule is C#CCC(CC)NC(=O)c1cc(N)cc(OC)c1. The fraction of sp³-hybridized carbons (Fsp3) is 0.357. The highest BCUT2D eigenvalue weighted by Gasteiger charge is 2.12. The van der Waals surface area contributed by atoms with Gasteiger partial charge in [0.2, 0.25) is 0 Å². The lowest BCUT2D eigenvalue weighted by Crippen LogP contribution is -2.34. The van der Waals surface area contributed by atoms with Crippen molar-refractivity contribution >= 4 is 11.6 Å². The minimum absolute atomic E-state index is 0.0186. The number of rotatable bonds is 5. The van der Waals surface area contributed by atoms with Gasteiger partial charge >= 0.3 is 0 Å². The quantitative estimate of drug-likeness (QED) is 0.615. The lowest BCUT2D eigenvalue weighted by atomic mass is 10.1. The second-order valence-electron chi connectivity index (χ2n) is 3.98. The Hall–Kier alpha value is -2.15. The van der Waals surface area contributed by atoms with Crippen molar-refractivity contribution in [2.45, 2.75) is 25.8 Å². The predicted octanol–water partition coefficient (Wildman–Crippen LogP) is 1.81. The van der Waals surface area contributed by atoms with Gasteiger partial charge in [0.05, 0.1) is 7.11 Å². The van der Waals surface area contributed by atoms with E-state index in [-0.39, 0.29) is 11.9 Å². The summed E-state index contributed by atoms with van der Waals surface area (Å²) in [5.41, 5.74) is 6.67. The van der Waals surface area contributed by atoms with Crippen LogP contribution in [0.15, 0.2) is 18.2 Å². The van der Waals surface area contributed by atoms with Gasteiger partial charge in [-0.15, -0.1) is 12.3 Å². The highest BCUT2D eigenvalue weighted by molar-refractivity contribution is 5.95. The molecule has 1 aromatic rings. The molecule has 0 bridgehead atoms. The first kappa shape index (κ1) is 13.9. The Labute approximate surface area is 108 Å². The molecule has 1 rings (SSSR count). The molecule has 1 amide bonds. The Morgan fingerprint density at radius 2 is 2.28 bits per heavy atom. The third kappa shape index (κ3) is 3.70. The number of nitrogens with two attached hydrogens (primary N) is 1. The Balaban J connectivity index is 2.83. The molecule has 0 radical (unpaired) electrons.